The summed E-state index contributed by atoms with van der Waals surface area (Å²) in [5.74, 6) is 1.94. The second kappa shape index (κ2) is 6.17. The molecule has 2 unspecified atom stereocenters. The van der Waals surface area contributed by atoms with Gasteiger partial charge in [-0.05, 0) is 58.3 Å². The van der Waals surface area contributed by atoms with Crippen LogP contribution in [0.5, 0.6) is 0 Å². The highest BCUT2D eigenvalue weighted by atomic mass is 79.9. The van der Waals surface area contributed by atoms with Crippen LogP contribution in [0.25, 0.3) is 0 Å². The lowest BCUT2D eigenvalue weighted by molar-refractivity contribution is 0.202. The van der Waals surface area contributed by atoms with E-state index >= 15 is 0 Å². The van der Waals surface area contributed by atoms with Crippen molar-refractivity contribution in [3.05, 3.63) is 28.2 Å². The largest absolute Gasteiger partial charge is 0.370 e. The molecule has 1 aromatic rings. The molecule has 1 aliphatic carbocycles. The maximum Gasteiger partial charge on any atom is 0.0510 e. The topological polar surface area (TPSA) is 3.24 Å². The molecule has 0 radical (unpaired) electrons. The molecular formula is C16H21Br2N. The summed E-state index contributed by atoms with van der Waals surface area (Å²) in [5.41, 5.74) is 2.72. The minimum atomic E-state index is 0.927. The van der Waals surface area contributed by atoms with Gasteiger partial charge in [0.05, 0.1) is 5.69 Å². The van der Waals surface area contributed by atoms with Crippen LogP contribution in [0.3, 0.4) is 0 Å². The summed E-state index contributed by atoms with van der Waals surface area (Å²) in [4.78, 5) is 2.59. The number of fused-ring (bicyclic) bond motifs is 1. The van der Waals surface area contributed by atoms with Gasteiger partial charge in [-0.1, -0.05) is 41.3 Å². The van der Waals surface area contributed by atoms with Crippen molar-refractivity contribution in [3.63, 3.8) is 0 Å². The van der Waals surface area contributed by atoms with Crippen LogP contribution in [0.2, 0.25) is 0 Å². The summed E-state index contributed by atoms with van der Waals surface area (Å²) >= 11 is 7.27. The van der Waals surface area contributed by atoms with Crippen LogP contribution in [-0.2, 0) is 5.33 Å². The zero-order valence-corrected chi connectivity index (χ0v) is 14.4. The molecule has 2 aliphatic rings. The average Bonchev–Trinajstić information content (AvgIpc) is 2.46. The SMILES string of the molecule is BrCc1ccc(N2CCC3CCCCC3C2)c(Br)c1. The van der Waals surface area contributed by atoms with Gasteiger partial charge in [0.2, 0.25) is 0 Å². The Morgan fingerprint density at radius 1 is 1.11 bits per heavy atom. The summed E-state index contributed by atoms with van der Waals surface area (Å²) in [7, 11) is 0. The van der Waals surface area contributed by atoms with Crippen molar-refractivity contribution < 1.29 is 0 Å². The van der Waals surface area contributed by atoms with E-state index in [2.05, 4.69) is 55.0 Å². The summed E-state index contributed by atoms with van der Waals surface area (Å²) in [6.07, 6.45) is 7.21. The summed E-state index contributed by atoms with van der Waals surface area (Å²) in [6, 6.07) is 6.77. The number of hydrogen-bond donors (Lipinski definition) is 0. The molecule has 1 nitrogen and oxygen atoms in total. The van der Waals surface area contributed by atoms with Crippen LogP contribution < -0.4 is 4.90 Å². The minimum absolute atomic E-state index is 0.927. The molecule has 0 bridgehead atoms. The van der Waals surface area contributed by atoms with Gasteiger partial charge in [-0.25, -0.2) is 0 Å². The molecular weight excluding hydrogens is 366 g/mol. The van der Waals surface area contributed by atoms with E-state index in [-0.39, 0.29) is 0 Å². The first kappa shape index (κ1) is 13.9. The molecule has 19 heavy (non-hydrogen) atoms. The van der Waals surface area contributed by atoms with Crippen molar-refractivity contribution in [2.75, 3.05) is 18.0 Å². The number of anilines is 1. The molecule has 0 amide bonds. The van der Waals surface area contributed by atoms with E-state index in [1.807, 2.05) is 0 Å². The number of benzene rings is 1. The number of hydrogen-bond acceptors (Lipinski definition) is 1. The lowest BCUT2D eigenvalue weighted by Crippen LogP contribution is -2.41. The van der Waals surface area contributed by atoms with Gasteiger partial charge in [-0.15, -0.1) is 0 Å². The van der Waals surface area contributed by atoms with Crippen molar-refractivity contribution >= 4 is 37.5 Å². The molecule has 3 rings (SSSR count). The van der Waals surface area contributed by atoms with Gasteiger partial charge < -0.3 is 4.90 Å². The second-order valence-electron chi connectivity index (χ2n) is 5.96. The van der Waals surface area contributed by atoms with E-state index in [1.165, 1.54) is 60.9 Å². The highest BCUT2D eigenvalue weighted by Crippen LogP contribution is 2.39. The minimum Gasteiger partial charge on any atom is -0.370 e. The lowest BCUT2D eigenvalue weighted by atomic mass is 9.75. The third kappa shape index (κ3) is 3.02. The maximum absolute atomic E-state index is 3.75. The van der Waals surface area contributed by atoms with Gasteiger partial charge in [0.15, 0.2) is 0 Å². The van der Waals surface area contributed by atoms with Gasteiger partial charge in [0.1, 0.15) is 0 Å². The molecule has 2 fully saturated rings. The molecule has 0 spiro atoms. The Labute approximate surface area is 133 Å². The third-order valence-electron chi connectivity index (χ3n) is 4.80. The summed E-state index contributed by atoms with van der Waals surface area (Å²) in [5, 5.41) is 0.927. The van der Waals surface area contributed by atoms with Crippen LogP contribution >= 0.6 is 31.9 Å². The molecule has 0 aromatic heterocycles. The molecule has 104 valence electrons. The van der Waals surface area contributed by atoms with E-state index < -0.39 is 0 Å². The Morgan fingerprint density at radius 2 is 1.89 bits per heavy atom. The van der Waals surface area contributed by atoms with E-state index in [0.29, 0.717) is 0 Å². The van der Waals surface area contributed by atoms with Gasteiger partial charge in [0, 0.05) is 22.9 Å². The second-order valence-corrected chi connectivity index (χ2v) is 7.37. The number of nitrogens with zero attached hydrogens (tertiary/aromatic N) is 1. The quantitative estimate of drug-likeness (QED) is 0.618. The maximum atomic E-state index is 3.75. The fourth-order valence-electron chi connectivity index (χ4n) is 3.71. The fraction of sp³-hybridized carbons (Fsp3) is 0.625. The van der Waals surface area contributed by atoms with Crippen molar-refractivity contribution in [1.29, 1.82) is 0 Å². The number of halogens is 2. The normalized spacial score (nSPS) is 27.2. The summed E-state index contributed by atoms with van der Waals surface area (Å²) < 4.78 is 1.25. The van der Waals surface area contributed by atoms with Crippen molar-refractivity contribution in [3.8, 4) is 0 Å². The molecule has 1 saturated heterocycles. The highest BCUT2D eigenvalue weighted by molar-refractivity contribution is 9.10. The van der Waals surface area contributed by atoms with E-state index in [1.54, 1.807) is 0 Å². The van der Waals surface area contributed by atoms with Crippen LogP contribution in [-0.4, -0.2) is 13.1 Å². The first-order chi connectivity index (χ1) is 9.28. The molecule has 1 aromatic carbocycles. The zero-order valence-electron chi connectivity index (χ0n) is 11.2. The Bertz CT molecular complexity index is 446. The number of piperidine rings is 1. The van der Waals surface area contributed by atoms with Crippen molar-refractivity contribution in [2.45, 2.75) is 37.4 Å². The Hall–Kier alpha value is -0.0200. The molecule has 1 saturated carbocycles. The fourth-order valence-corrected chi connectivity index (χ4v) is 4.74. The van der Waals surface area contributed by atoms with Gasteiger partial charge in [-0.3, -0.25) is 0 Å². The standard InChI is InChI=1S/C16H21Br2N/c17-10-12-5-6-16(15(18)9-12)19-8-7-13-3-1-2-4-14(13)11-19/h5-6,9,13-14H,1-4,7-8,10-11H2. The van der Waals surface area contributed by atoms with Crippen LogP contribution in [0.4, 0.5) is 5.69 Å². The number of rotatable bonds is 2. The monoisotopic (exact) mass is 385 g/mol. The molecule has 1 aliphatic heterocycles. The predicted octanol–water partition coefficient (Wildman–Crippen LogP) is 5.36. The lowest BCUT2D eigenvalue weighted by Gasteiger charge is -2.42. The van der Waals surface area contributed by atoms with Gasteiger partial charge >= 0.3 is 0 Å². The van der Waals surface area contributed by atoms with Gasteiger partial charge in [0.25, 0.3) is 0 Å². The number of alkyl halides is 1. The Kier molecular flexibility index (Phi) is 4.53. The Morgan fingerprint density at radius 3 is 2.63 bits per heavy atom. The van der Waals surface area contributed by atoms with Crippen LogP contribution in [0.15, 0.2) is 22.7 Å². The van der Waals surface area contributed by atoms with Crippen molar-refractivity contribution in [2.24, 2.45) is 11.8 Å². The Balaban J connectivity index is 1.75. The molecule has 3 heteroatoms. The molecule has 2 atom stereocenters. The predicted molar refractivity (Wildman–Crippen MR) is 89.1 cm³/mol. The van der Waals surface area contributed by atoms with Gasteiger partial charge in [-0.2, -0.15) is 0 Å². The third-order valence-corrected chi connectivity index (χ3v) is 6.08. The highest BCUT2D eigenvalue weighted by Gasteiger charge is 2.31. The molecule has 0 N–H and O–H groups in total. The van der Waals surface area contributed by atoms with E-state index in [9.17, 15) is 0 Å². The van der Waals surface area contributed by atoms with E-state index in [4.69, 9.17) is 0 Å². The first-order valence-corrected chi connectivity index (χ1v) is 9.28. The smallest absolute Gasteiger partial charge is 0.0510 e. The van der Waals surface area contributed by atoms with E-state index in [0.717, 1.165) is 17.2 Å². The van der Waals surface area contributed by atoms with Crippen molar-refractivity contribution in [1.82, 2.24) is 0 Å². The molecule has 1 heterocycles. The van der Waals surface area contributed by atoms with Crippen LogP contribution in [0.1, 0.15) is 37.7 Å². The zero-order chi connectivity index (χ0) is 13.2. The average molecular weight is 387 g/mol. The van der Waals surface area contributed by atoms with Crippen LogP contribution in [0, 0.1) is 11.8 Å². The first-order valence-electron chi connectivity index (χ1n) is 7.37. The summed E-state index contributed by atoms with van der Waals surface area (Å²) in [6.45, 7) is 2.49.